The number of hydrogen-bond donors (Lipinski definition) is 1. The molecule has 2 rings (SSSR count). The van der Waals surface area contributed by atoms with E-state index in [1.807, 2.05) is 19.9 Å². The zero-order chi connectivity index (χ0) is 22.1. The number of rotatable bonds is 9. The number of aliphatic hydroxyl groups excluding tert-OH is 1. The summed E-state index contributed by atoms with van der Waals surface area (Å²) in [5.41, 5.74) is 1.60. The highest BCUT2D eigenvalue weighted by molar-refractivity contribution is 5.81. The van der Waals surface area contributed by atoms with E-state index in [1.54, 1.807) is 12.1 Å². The van der Waals surface area contributed by atoms with Crippen molar-refractivity contribution in [1.82, 2.24) is 0 Å². The van der Waals surface area contributed by atoms with E-state index < -0.39 is 24.8 Å². The Bertz CT molecular complexity index is 785. The van der Waals surface area contributed by atoms with Crippen molar-refractivity contribution < 1.29 is 38.4 Å². The van der Waals surface area contributed by atoms with E-state index in [4.69, 9.17) is 18.9 Å². The van der Waals surface area contributed by atoms with Gasteiger partial charge in [0.15, 0.2) is 25.3 Å². The third-order valence-corrected chi connectivity index (χ3v) is 4.37. The molecule has 8 nitrogen and oxygen atoms in total. The number of aliphatic hydroxyl groups is 1. The molecule has 30 heavy (non-hydrogen) atoms. The van der Waals surface area contributed by atoms with Crippen LogP contribution in [-0.2, 0) is 28.5 Å². The molecule has 0 amide bonds. The molecule has 0 saturated carbocycles. The lowest BCUT2D eigenvalue weighted by Crippen LogP contribution is -2.31. The fraction of sp³-hybridized carbons (Fsp3) is 0.455. The first kappa shape index (κ1) is 23.4. The molecule has 1 aliphatic rings. The lowest BCUT2D eigenvalue weighted by Gasteiger charge is -2.34. The Balaban J connectivity index is 1.87. The van der Waals surface area contributed by atoms with Crippen molar-refractivity contribution in [3.05, 3.63) is 54.0 Å². The van der Waals surface area contributed by atoms with E-state index in [0.29, 0.717) is 5.75 Å². The van der Waals surface area contributed by atoms with Gasteiger partial charge < -0.3 is 28.8 Å². The highest BCUT2D eigenvalue weighted by Crippen LogP contribution is 2.33. The van der Waals surface area contributed by atoms with Crippen LogP contribution >= 0.6 is 0 Å². The van der Waals surface area contributed by atoms with Crippen LogP contribution in [0.3, 0.4) is 0 Å². The number of hydrogen-bond acceptors (Lipinski definition) is 8. The standard InChI is InChI=1S/C22H28O8/c1-5-18-10-15(4)28-22(29-18)16-7-8-19(14(3)9-16)30-21(25)13-26-11-17(23)12-27-20(24)6-2/h6-9,11,15,18,22-23H,2,5,10,12-13H2,1,3-4H3/b17-11-. The van der Waals surface area contributed by atoms with Crippen molar-refractivity contribution in [1.29, 1.82) is 0 Å². The van der Waals surface area contributed by atoms with Crippen molar-refractivity contribution in [2.45, 2.75) is 52.1 Å². The fourth-order valence-electron chi connectivity index (χ4n) is 2.85. The fourth-order valence-corrected chi connectivity index (χ4v) is 2.85. The first-order chi connectivity index (χ1) is 14.3. The molecular weight excluding hydrogens is 392 g/mol. The predicted molar refractivity (Wildman–Crippen MR) is 108 cm³/mol. The highest BCUT2D eigenvalue weighted by atomic mass is 16.7. The number of carbonyl (C=O) groups is 2. The normalized spacial score (nSPS) is 21.6. The van der Waals surface area contributed by atoms with Gasteiger partial charge in [-0.3, -0.25) is 0 Å². The molecule has 1 saturated heterocycles. The van der Waals surface area contributed by atoms with Gasteiger partial charge in [-0.2, -0.15) is 0 Å². The smallest absolute Gasteiger partial charge is 0.349 e. The van der Waals surface area contributed by atoms with Gasteiger partial charge >= 0.3 is 11.9 Å². The Kier molecular flexibility index (Phi) is 8.89. The second-order valence-corrected chi connectivity index (χ2v) is 6.91. The second-order valence-electron chi connectivity index (χ2n) is 6.91. The number of esters is 2. The van der Waals surface area contributed by atoms with E-state index in [0.717, 1.165) is 36.3 Å². The largest absolute Gasteiger partial charge is 0.506 e. The van der Waals surface area contributed by atoms with E-state index in [-0.39, 0.29) is 24.6 Å². The maximum atomic E-state index is 12.0. The van der Waals surface area contributed by atoms with Crippen LogP contribution in [0, 0.1) is 6.92 Å². The number of benzene rings is 1. The Morgan fingerprint density at radius 3 is 2.73 bits per heavy atom. The van der Waals surface area contributed by atoms with Gasteiger partial charge in [0, 0.05) is 11.6 Å². The first-order valence-corrected chi connectivity index (χ1v) is 9.73. The van der Waals surface area contributed by atoms with Crippen molar-refractivity contribution in [3.8, 4) is 5.75 Å². The Labute approximate surface area is 176 Å². The van der Waals surface area contributed by atoms with Gasteiger partial charge in [-0.25, -0.2) is 9.59 Å². The second kappa shape index (κ2) is 11.4. The van der Waals surface area contributed by atoms with Crippen molar-refractivity contribution >= 4 is 11.9 Å². The molecule has 0 spiro atoms. The summed E-state index contributed by atoms with van der Waals surface area (Å²) in [6.07, 6.45) is 3.47. The molecule has 3 atom stereocenters. The molecule has 1 aromatic carbocycles. The summed E-state index contributed by atoms with van der Waals surface area (Å²) >= 11 is 0. The van der Waals surface area contributed by atoms with Crippen LogP contribution < -0.4 is 4.74 Å². The summed E-state index contributed by atoms with van der Waals surface area (Å²) in [5.74, 6) is -1.30. The van der Waals surface area contributed by atoms with Crippen LogP contribution in [0.15, 0.2) is 42.9 Å². The van der Waals surface area contributed by atoms with Crippen LogP contribution in [0.4, 0.5) is 0 Å². The maximum absolute atomic E-state index is 12.0. The van der Waals surface area contributed by atoms with E-state index >= 15 is 0 Å². The molecule has 1 N–H and O–H groups in total. The predicted octanol–water partition coefficient (Wildman–Crippen LogP) is 3.65. The SMILES string of the molecule is C=CC(=O)OC/C(O)=C/OCC(=O)Oc1ccc(C2OC(C)CC(CC)O2)cc1C. The van der Waals surface area contributed by atoms with Crippen LogP contribution in [0.5, 0.6) is 5.75 Å². The average molecular weight is 420 g/mol. The minimum Gasteiger partial charge on any atom is -0.506 e. The molecule has 0 aromatic heterocycles. The lowest BCUT2D eigenvalue weighted by atomic mass is 10.1. The van der Waals surface area contributed by atoms with Crippen molar-refractivity contribution in [2.75, 3.05) is 13.2 Å². The molecule has 0 bridgehead atoms. The molecule has 8 heteroatoms. The van der Waals surface area contributed by atoms with Gasteiger partial charge in [-0.1, -0.05) is 19.6 Å². The van der Waals surface area contributed by atoms with Crippen LogP contribution in [0.1, 0.15) is 44.1 Å². The minimum absolute atomic E-state index is 0.105. The zero-order valence-electron chi connectivity index (χ0n) is 17.5. The van der Waals surface area contributed by atoms with Gasteiger partial charge in [0.05, 0.1) is 12.2 Å². The first-order valence-electron chi connectivity index (χ1n) is 9.73. The Morgan fingerprint density at radius 1 is 1.30 bits per heavy atom. The van der Waals surface area contributed by atoms with Crippen LogP contribution in [0.2, 0.25) is 0 Å². The van der Waals surface area contributed by atoms with Crippen LogP contribution in [0.25, 0.3) is 0 Å². The third kappa shape index (κ3) is 7.20. The summed E-state index contributed by atoms with van der Waals surface area (Å²) < 4.78 is 26.7. The molecule has 1 aliphatic heterocycles. The number of carbonyl (C=O) groups excluding carboxylic acids is 2. The summed E-state index contributed by atoms with van der Waals surface area (Å²) in [4.78, 5) is 22.9. The summed E-state index contributed by atoms with van der Waals surface area (Å²) in [6, 6.07) is 5.34. The van der Waals surface area contributed by atoms with Crippen molar-refractivity contribution in [2.24, 2.45) is 0 Å². The van der Waals surface area contributed by atoms with Gasteiger partial charge in [0.25, 0.3) is 0 Å². The van der Waals surface area contributed by atoms with Gasteiger partial charge in [-0.05, 0) is 44.4 Å². The summed E-state index contributed by atoms with van der Waals surface area (Å²) in [7, 11) is 0. The lowest BCUT2D eigenvalue weighted by molar-refractivity contribution is -0.243. The zero-order valence-corrected chi connectivity index (χ0v) is 17.5. The van der Waals surface area contributed by atoms with Gasteiger partial charge in [-0.15, -0.1) is 0 Å². The summed E-state index contributed by atoms with van der Waals surface area (Å²) in [5, 5.41) is 9.50. The molecular formula is C22H28O8. The average Bonchev–Trinajstić information content (AvgIpc) is 2.72. The molecule has 0 aliphatic carbocycles. The molecule has 1 aromatic rings. The molecule has 1 heterocycles. The third-order valence-electron chi connectivity index (χ3n) is 4.37. The Hall–Kier alpha value is -2.84. The maximum Gasteiger partial charge on any atom is 0.349 e. The van der Waals surface area contributed by atoms with Gasteiger partial charge in [0.1, 0.15) is 12.0 Å². The van der Waals surface area contributed by atoms with E-state index in [1.165, 1.54) is 0 Å². The monoisotopic (exact) mass is 420 g/mol. The highest BCUT2D eigenvalue weighted by Gasteiger charge is 2.28. The number of ether oxygens (including phenoxy) is 5. The number of aryl methyl sites for hydroxylation is 1. The van der Waals surface area contributed by atoms with E-state index in [2.05, 4.69) is 18.2 Å². The minimum atomic E-state index is -0.683. The molecule has 0 radical (unpaired) electrons. The molecule has 1 fully saturated rings. The molecule has 164 valence electrons. The topological polar surface area (TPSA) is 101 Å². The quantitative estimate of drug-likeness (QED) is 0.280. The van der Waals surface area contributed by atoms with Gasteiger partial charge in [0.2, 0.25) is 0 Å². The molecule has 3 unspecified atom stereocenters. The summed E-state index contributed by atoms with van der Waals surface area (Å²) in [6.45, 7) is 8.34. The van der Waals surface area contributed by atoms with Crippen molar-refractivity contribution in [3.63, 3.8) is 0 Å². The Morgan fingerprint density at radius 2 is 2.07 bits per heavy atom. The van der Waals surface area contributed by atoms with E-state index in [9.17, 15) is 14.7 Å². The van der Waals surface area contributed by atoms with Crippen LogP contribution in [-0.4, -0.2) is 42.5 Å².